The molecule has 142 valence electrons. The summed E-state index contributed by atoms with van der Waals surface area (Å²) in [4.78, 5) is 2.11. The van der Waals surface area contributed by atoms with Gasteiger partial charge in [0.25, 0.3) is 0 Å². The Morgan fingerprint density at radius 2 is 1.93 bits per heavy atom. The first-order chi connectivity index (χ1) is 13.0. The van der Waals surface area contributed by atoms with E-state index in [-0.39, 0.29) is 11.4 Å². The van der Waals surface area contributed by atoms with E-state index < -0.39 is 10.0 Å². The highest BCUT2D eigenvalue weighted by Crippen LogP contribution is 2.14. The maximum atomic E-state index is 12.4. The molecule has 2 N–H and O–H groups in total. The lowest BCUT2D eigenvalue weighted by Crippen LogP contribution is -2.29. The second kappa shape index (κ2) is 8.14. The number of sulfonamides is 1. The minimum atomic E-state index is -3.59. The van der Waals surface area contributed by atoms with Crippen LogP contribution in [0, 0.1) is 0 Å². The number of aromatic nitrogens is 4. The second-order valence-corrected chi connectivity index (χ2v) is 7.73. The van der Waals surface area contributed by atoms with E-state index in [1.807, 2.05) is 25.1 Å². The Hall–Kier alpha value is -2.98. The van der Waals surface area contributed by atoms with E-state index in [2.05, 4.69) is 25.3 Å². The predicted molar refractivity (Wildman–Crippen MR) is 104 cm³/mol. The van der Waals surface area contributed by atoms with Crippen LogP contribution in [0.4, 0.5) is 11.5 Å². The minimum Gasteiger partial charge on any atom is -0.376 e. The molecule has 3 rings (SSSR count). The average molecular weight is 387 g/mol. The molecule has 2 heterocycles. The molecule has 0 saturated carbocycles. The molecule has 10 heteroatoms. The van der Waals surface area contributed by atoms with Gasteiger partial charge in [-0.3, -0.25) is 0 Å². The van der Waals surface area contributed by atoms with Crippen LogP contribution in [0.1, 0.15) is 0 Å². The number of hydrogen-bond donors (Lipinski definition) is 2. The predicted octanol–water partition coefficient (Wildman–Crippen LogP) is 1.12. The first-order valence-electron chi connectivity index (χ1n) is 8.29. The van der Waals surface area contributed by atoms with Crippen LogP contribution in [-0.2, 0) is 10.0 Å². The fourth-order valence-corrected chi connectivity index (χ4v) is 3.38. The Bertz CT molecular complexity index is 971. The van der Waals surface area contributed by atoms with Gasteiger partial charge in [-0.1, -0.05) is 0 Å². The summed E-state index contributed by atoms with van der Waals surface area (Å²) in [5, 5.41) is 15.1. The van der Waals surface area contributed by atoms with Gasteiger partial charge >= 0.3 is 0 Å². The van der Waals surface area contributed by atoms with Gasteiger partial charge in [0.1, 0.15) is 0 Å². The molecule has 0 spiro atoms. The summed E-state index contributed by atoms with van der Waals surface area (Å²) in [5.41, 5.74) is 1.70. The van der Waals surface area contributed by atoms with Crippen LogP contribution >= 0.6 is 0 Å². The van der Waals surface area contributed by atoms with E-state index in [1.54, 1.807) is 53.6 Å². The number of anilines is 2. The van der Waals surface area contributed by atoms with Gasteiger partial charge in [0.15, 0.2) is 5.82 Å². The summed E-state index contributed by atoms with van der Waals surface area (Å²) in [6, 6.07) is 10.2. The van der Waals surface area contributed by atoms with Crippen LogP contribution < -0.4 is 14.9 Å². The van der Waals surface area contributed by atoms with E-state index in [9.17, 15) is 8.42 Å². The first kappa shape index (κ1) is 18.8. The zero-order chi connectivity index (χ0) is 19.3. The standard InChI is InChI=1S/C17H21N7O2S/c1-23(2)15-12-17(22-19-13-15)18-9-10-21-27(25,26)16-6-4-14(5-7-16)24-11-3-8-20-24/h3-8,11-13,21H,9-10H2,1-2H3,(H,18,22). The number of nitrogens with zero attached hydrogens (tertiary/aromatic N) is 5. The van der Waals surface area contributed by atoms with Gasteiger partial charge in [-0.2, -0.15) is 10.2 Å². The monoisotopic (exact) mass is 387 g/mol. The fourth-order valence-electron chi connectivity index (χ4n) is 2.35. The molecule has 0 radical (unpaired) electrons. The Labute approximate surface area is 158 Å². The zero-order valence-electron chi connectivity index (χ0n) is 15.1. The molecule has 0 aliphatic heterocycles. The fraction of sp³-hybridized carbons (Fsp3) is 0.235. The van der Waals surface area contributed by atoms with Crippen molar-refractivity contribution in [2.75, 3.05) is 37.4 Å². The van der Waals surface area contributed by atoms with Crippen molar-refractivity contribution in [2.24, 2.45) is 0 Å². The highest BCUT2D eigenvalue weighted by molar-refractivity contribution is 7.89. The zero-order valence-corrected chi connectivity index (χ0v) is 15.9. The van der Waals surface area contributed by atoms with E-state index in [4.69, 9.17) is 0 Å². The Morgan fingerprint density at radius 1 is 1.15 bits per heavy atom. The SMILES string of the molecule is CN(C)c1cnnc(NCCNS(=O)(=O)c2ccc(-n3cccn3)cc2)c1. The van der Waals surface area contributed by atoms with Crippen LogP contribution in [0.5, 0.6) is 0 Å². The maximum absolute atomic E-state index is 12.4. The molecule has 3 aromatic rings. The summed E-state index contributed by atoms with van der Waals surface area (Å²) in [6.07, 6.45) is 5.11. The van der Waals surface area contributed by atoms with Crippen LogP contribution in [0.2, 0.25) is 0 Å². The van der Waals surface area contributed by atoms with Gasteiger partial charge in [0, 0.05) is 45.6 Å². The molecule has 27 heavy (non-hydrogen) atoms. The molecule has 0 aliphatic carbocycles. The topological polar surface area (TPSA) is 105 Å². The summed E-state index contributed by atoms with van der Waals surface area (Å²) in [6.45, 7) is 0.604. The summed E-state index contributed by atoms with van der Waals surface area (Å²) in [5.74, 6) is 0.587. The molecule has 9 nitrogen and oxygen atoms in total. The van der Waals surface area contributed by atoms with Crippen molar-refractivity contribution in [3.8, 4) is 5.69 Å². The van der Waals surface area contributed by atoms with Crippen molar-refractivity contribution >= 4 is 21.5 Å². The van der Waals surface area contributed by atoms with Crippen molar-refractivity contribution in [1.82, 2.24) is 24.7 Å². The molecule has 1 aromatic carbocycles. The normalized spacial score (nSPS) is 11.3. The highest BCUT2D eigenvalue weighted by Gasteiger charge is 2.13. The molecule has 0 aliphatic rings. The lowest BCUT2D eigenvalue weighted by atomic mass is 10.3. The molecule has 0 bridgehead atoms. The molecule has 0 unspecified atom stereocenters. The molecule has 0 saturated heterocycles. The maximum Gasteiger partial charge on any atom is 0.240 e. The number of benzene rings is 1. The van der Waals surface area contributed by atoms with Crippen LogP contribution in [-0.4, -0.2) is 55.6 Å². The van der Waals surface area contributed by atoms with Gasteiger partial charge in [-0.15, -0.1) is 5.10 Å². The third-order valence-electron chi connectivity index (χ3n) is 3.80. The largest absolute Gasteiger partial charge is 0.376 e. The smallest absolute Gasteiger partial charge is 0.240 e. The number of hydrogen-bond acceptors (Lipinski definition) is 7. The lowest BCUT2D eigenvalue weighted by molar-refractivity contribution is 0.583. The Morgan fingerprint density at radius 3 is 2.59 bits per heavy atom. The summed E-state index contributed by atoms with van der Waals surface area (Å²) < 4.78 is 29.0. The van der Waals surface area contributed by atoms with E-state index in [0.29, 0.717) is 12.4 Å². The van der Waals surface area contributed by atoms with Crippen molar-refractivity contribution < 1.29 is 8.42 Å². The number of nitrogens with one attached hydrogen (secondary N) is 2. The summed E-state index contributed by atoms with van der Waals surface area (Å²) in [7, 11) is 0.233. The molecule has 0 fully saturated rings. The van der Waals surface area contributed by atoms with Gasteiger partial charge in [-0.25, -0.2) is 17.8 Å². The van der Waals surface area contributed by atoms with Gasteiger partial charge < -0.3 is 10.2 Å². The molecule has 0 atom stereocenters. The quantitative estimate of drug-likeness (QED) is 0.558. The van der Waals surface area contributed by atoms with Crippen molar-refractivity contribution in [1.29, 1.82) is 0 Å². The Kier molecular flexibility index (Phi) is 5.67. The molecule has 0 amide bonds. The Balaban J connectivity index is 1.55. The molecular weight excluding hydrogens is 366 g/mol. The second-order valence-electron chi connectivity index (χ2n) is 5.96. The average Bonchev–Trinajstić information content (AvgIpc) is 3.20. The van der Waals surface area contributed by atoms with Gasteiger partial charge in [-0.05, 0) is 30.3 Å². The van der Waals surface area contributed by atoms with E-state index in [0.717, 1.165) is 11.4 Å². The number of rotatable bonds is 8. The highest BCUT2D eigenvalue weighted by atomic mass is 32.2. The van der Waals surface area contributed by atoms with Gasteiger partial charge in [0.05, 0.1) is 22.5 Å². The first-order valence-corrected chi connectivity index (χ1v) is 9.78. The third kappa shape index (κ3) is 4.80. The minimum absolute atomic E-state index is 0.202. The van der Waals surface area contributed by atoms with Crippen molar-refractivity contribution in [2.45, 2.75) is 4.90 Å². The van der Waals surface area contributed by atoms with E-state index in [1.165, 1.54) is 0 Å². The van der Waals surface area contributed by atoms with Gasteiger partial charge in [0.2, 0.25) is 10.0 Å². The van der Waals surface area contributed by atoms with Crippen LogP contribution in [0.3, 0.4) is 0 Å². The molecular formula is C17H21N7O2S. The molecule has 2 aromatic heterocycles. The third-order valence-corrected chi connectivity index (χ3v) is 5.27. The van der Waals surface area contributed by atoms with Crippen LogP contribution in [0.25, 0.3) is 5.69 Å². The van der Waals surface area contributed by atoms with Crippen molar-refractivity contribution in [3.05, 3.63) is 55.0 Å². The van der Waals surface area contributed by atoms with Crippen molar-refractivity contribution in [3.63, 3.8) is 0 Å². The van der Waals surface area contributed by atoms with Crippen LogP contribution in [0.15, 0.2) is 59.9 Å². The summed E-state index contributed by atoms with van der Waals surface area (Å²) >= 11 is 0. The van der Waals surface area contributed by atoms with E-state index >= 15 is 0 Å². The lowest BCUT2D eigenvalue weighted by Gasteiger charge is -2.13.